The summed E-state index contributed by atoms with van der Waals surface area (Å²) in [6, 6.07) is 93.2. The highest BCUT2D eigenvalue weighted by Gasteiger charge is 2.22. The maximum absolute atomic E-state index is 6.66. The molecule has 14 aromatic carbocycles. The maximum Gasteiger partial charge on any atom is 0.164 e. The summed E-state index contributed by atoms with van der Waals surface area (Å²) in [6.45, 7) is 0. The molecule has 0 atom stereocenters. The van der Waals surface area contributed by atoms with Crippen LogP contribution in [-0.4, -0.2) is 29.9 Å². The van der Waals surface area contributed by atoms with Crippen LogP contribution in [0.2, 0.25) is 0 Å². The van der Waals surface area contributed by atoms with Gasteiger partial charge in [0.1, 0.15) is 22.3 Å². The summed E-state index contributed by atoms with van der Waals surface area (Å²) in [5.41, 5.74) is 11.0. The van der Waals surface area contributed by atoms with Gasteiger partial charge in [0.25, 0.3) is 0 Å². The van der Waals surface area contributed by atoms with Crippen molar-refractivity contribution < 1.29 is 8.83 Å². The molecule has 86 heavy (non-hydrogen) atoms. The van der Waals surface area contributed by atoms with Crippen LogP contribution < -0.4 is 0 Å². The molecule has 0 radical (unpaired) electrons. The molecular formula is C78H44N6O2. The number of nitrogens with zero attached hydrogens (tertiary/aromatic N) is 6. The maximum atomic E-state index is 6.66. The Labute approximate surface area is 491 Å². The first kappa shape index (κ1) is 47.9. The lowest BCUT2D eigenvalue weighted by atomic mass is 9.95. The Morgan fingerprint density at radius 2 is 0.558 bits per heavy atom. The second-order valence-electron chi connectivity index (χ2n) is 22.1. The summed E-state index contributed by atoms with van der Waals surface area (Å²) in [6.07, 6.45) is 0. The number of aromatic nitrogens is 6. The second-order valence-corrected chi connectivity index (χ2v) is 22.1. The third-order valence-electron chi connectivity index (χ3n) is 17.1. The number of hydrogen-bond donors (Lipinski definition) is 0. The lowest BCUT2D eigenvalue weighted by molar-refractivity contribution is 0.672. The number of benzene rings is 14. The van der Waals surface area contributed by atoms with Crippen LogP contribution >= 0.6 is 0 Å². The number of fused-ring (bicyclic) bond motifs is 14. The van der Waals surface area contributed by atoms with Gasteiger partial charge < -0.3 is 8.83 Å². The number of furan rings is 2. The Bertz CT molecular complexity index is 5880. The van der Waals surface area contributed by atoms with Crippen molar-refractivity contribution in [2.45, 2.75) is 0 Å². The molecule has 0 fully saturated rings. The molecule has 4 heterocycles. The van der Waals surface area contributed by atoms with Crippen LogP contribution in [-0.2, 0) is 0 Å². The van der Waals surface area contributed by atoms with E-state index in [1.165, 1.54) is 0 Å². The highest BCUT2D eigenvalue weighted by Crippen LogP contribution is 2.42. The highest BCUT2D eigenvalue weighted by atomic mass is 16.3. The van der Waals surface area contributed by atoms with Gasteiger partial charge in [-0.05, 0) is 120 Å². The SMILES string of the molecule is c1ccc2cc(-c3nc(-c4cccc5cc(-c6ccc7c(-c8nc(-c9ccc%10c(ccc%11c%12ccccc%12oc%10%11)c9)nc(-c9cccc%10ccccc9%10)n8)cccc7c6)ccc45)nc(-c4cccc5ccc6c7ccccc7oc6c45)n3)ccc2c1. The van der Waals surface area contributed by atoms with E-state index in [1.54, 1.807) is 0 Å². The van der Waals surface area contributed by atoms with Crippen LogP contribution in [0.3, 0.4) is 0 Å². The third kappa shape index (κ3) is 7.70. The van der Waals surface area contributed by atoms with Crippen molar-refractivity contribution in [1.82, 2.24) is 29.9 Å². The molecule has 18 aromatic rings. The van der Waals surface area contributed by atoms with Crippen molar-refractivity contribution in [3.63, 3.8) is 0 Å². The molecule has 398 valence electrons. The molecule has 0 N–H and O–H groups in total. The molecule has 18 rings (SSSR count). The van der Waals surface area contributed by atoms with E-state index in [4.69, 9.17) is 38.7 Å². The lowest BCUT2D eigenvalue weighted by Gasteiger charge is -2.13. The smallest absolute Gasteiger partial charge is 0.164 e. The van der Waals surface area contributed by atoms with Gasteiger partial charge in [0.05, 0.1) is 0 Å². The molecule has 0 bridgehead atoms. The van der Waals surface area contributed by atoms with Crippen molar-refractivity contribution in [2.75, 3.05) is 0 Å². The second kappa shape index (κ2) is 18.9. The van der Waals surface area contributed by atoms with E-state index in [9.17, 15) is 0 Å². The zero-order chi connectivity index (χ0) is 56.4. The summed E-state index contributed by atoms with van der Waals surface area (Å²) in [5.74, 6) is 3.53. The van der Waals surface area contributed by atoms with Crippen LogP contribution in [0.5, 0.6) is 0 Å². The molecule has 8 nitrogen and oxygen atoms in total. The first-order valence-electron chi connectivity index (χ1n) is 28.8. The van der Waals surface area contributed by atoms with Gasteiger partial charge in [0, 0.05) is 65.7 Å². The van der Waals surface area contributed by atoms with Crippen LogP contribution in [0.1, 0.15) is 0 Å². The monoisotopic (exact) mass is 1100 g/mol. The van der Waals surface area contributed by atoms with Gasteiger partial charge in [-0.15, -0.1) is 0 Å². The fourth-order valence-electron chi connectivity index (χ4n) is 12.9. The topological polar surface area (TPSA) is 104 Å². The minimum Gasteiger partial charge on any atom is -0.455 e. The zero-order valence-corrected chi connectivity index (χ0v) is 45.9. The lowest BCUT2D eigenvalue weighted by Crippen LogP contribution is -2.01. The Morgan fingerprint density at radius 1 is 0.198 bits per heavy atom. The fraction of sp³-hybridized carbons (Fsp3) is 0. The first-order chi connectivity index (χ1) is 42.6. The van der Waals surface area contributed by atoms with E-state index >= 15 is 0 Å². The number of hydrogen-bond acceptors (Lipinski definition) is 8. The number of para-hydroxylation sites is 2. The Kier molecular flexibility index (Phi) is 10.5. The van der Waals surface area contributed by atoms with Gasteiger partial charge in [-0.2, -0.15) is 0 Å². The molecule has 0 aliphatic heterocycles. The van der Waals surface area contributed by atoms with E-state index in [0.717, 1.165) is 153 Å². The van der Waals surface area contributed by atoms with Gasteiger partial charge in [-0.1, -0.05) is 212 Å². The van der Waals surface area contributed by atoms with Crippen LogP contribution in [0.15, 0.2) is 276 Å². The number of rotatable bonds is 7. The predicted molar refractivity (Wildman–Crippen MR) is 351 cm³/mol. The van der Waals surface area contributed by atoms with Gasteiger partial charge in [-0.3, -0.25) is 0 Å². The predicted octanol–water partition coefficient (Wildman–Crippen LogP) is 20.4. The summed E-state index contributed by atoms with van der Waals surface area (Å²) >= 11 is 0. The van der Waals surface area contributed by atoms with Crippen molar-refractivity contribution in [2.24, 2.45) is 0 Å². The van der Waals surface area contributed by atoms with E-state index in [2.05, 4.69) is 243 Å². The molecule has 0 saturated heterocycles. The summed E-state index contributed by atoms with van der Waals surface area (Å²) in [4.78, 5) is 31.8. The Morgan fingerprint density at radius 3 is 1.19 bits per heavy atom. The van der Waals surface area contributed by atoms with Gasteiger partial charge in [0.15, 0.2) is 34.9 Å². The molecule has 0 amide bonds. The van der Waals surface area contributed by atoms with Crippen LogP contribution in [0.25, 0.3) is 188 Å². The molecule has 0 spiro atoms. The summed E-state index contributed by atoms with van der Waals surface area (Å²) < 4.78 is 13.1. The molecule has 4 aromatic heterocycles. The van der Waals surface area contributed by atoms with E-state index in [1.807, 2.05) is 24.3 Å². The van der Waals surface area contributed by atoms with Gasteiger partial charge in [-0.25, -0.2) is 29.9 Å². The Hall–Kier alpha value is -11.7. The highest BCUT2D eigenvalue weighted by molar-refractivity contribution is 6.19. The molecule has 0 unspecified atom stereocenters. The Balaban J connectivity index is 0.748. The van der Waals surface area contributed by atoms with E-state index in [0.29, 0.717) is 34.9 Å². The molecule has 0 aliphatic carbocycles. The molecule has 0 aliphatic rings. The largest absolute Gasteiger partial charge is 0.455 e. The quantitative estimate of drug-likeness (QED) is 0.155. The average molecular weight is 1100 g/mol. The van der Waals surface area contributed by atoms with Crippen molar-refractivity contribution >= 4 is 109 Å². The zero-order valence-electron chi connectivity index (χ0n) is 45.9. The standard InChI is InChI=1S/C78H44N6O2/c1-2-15-48-43-54(30-29-45(48)13-1)73-79-77(84-78(82-73)67-26-10-17-47-31-39-63-61-22-6-8-28-69(61)86-72(63)70(47)67)66-25-12-19-52-42-50(33-37-58(52)66)49-32-36-57-51(41-49)18-11-24-65(57)76-81-74(80-75(83-76)64-23-9-16-46-14-3-4-20-56(46)64)55-35-38-59-53(44-55)34-40-62-60-21-5-7-27-68(60)85-71(59)62/h1-44H. The fourth-order valence-corrected chi connectivity index (χ4v) is 12.9. The summed E-state index contributed by atoms with van der Waals surface area (Å²) in [5, 5.41) is 17.0. The first-order valence-corrected chi connectivity index (χ1v) is 28.8. The van der Waals surface area contributed by atoms with Gasteiger partial charge in [0.2, 0.25) is 0 Å². The molecule has 0 saturated carbocycles. The van der Waals surface area contributed by atoms with Crippen molar-refractivity contribution in [3.8, 4) is 79.5 Å². The van der Waals surface area contributed by atoms with E-state index < -0.39 is 0 Å². The van der Waals surface area contributed by atoms with E-state index in [-0.39, 0.29) is 0 Å². The minimum atomic E-state index is 0.567. The minimum absolute atomic E-state index is 0.567. The molecular weight excluding hydrogens is 1050 g/mol. The third-order valence-corrected chi connectivity index (χ3v) is 17.1. The molecule has 8 heteroatoms. The van der Waals surface area contributed by atoms with Crippen LogP contribution in [0, 0.1) is 0 Å². The average Bonchev–Trinajstić information content (AvgIpc) is 1.84. The van der Waals surface area contributed by atoms with Crippen molar-refractivity contribution in [1.29, 1.82) is 0 Å². The van der Waals surface area contributed by atoms with Gasteiger partial charge >= 0.3 is 0 Å². The van der Waals surface area contributed by atoms with Crippen molar-refractivity contribution in [3.05, 3.63) is 267 Å². The summed E-state index contributed by atoms with van der Waals surface area (Å²) in [7, 11) is 0. The normalized spacial score (nSPS) is 12.0. The van der Waals surface area contributed by atoms with Crippen LogP contribution in [0.4, 0.5) is 0 Å².